The summed E-state index contributed by atoms with van der Waals surface area (Å²) in [6.07, 6.45) is 7.30. The third-order valence-electron chi connectivity index (χ3n) is 7.10. The molecule has 0 N–H and O–H groups in total. The van der Waals surface area contributed by atoms with Gasteiger partial charge in [-0.15, -0.1) is 0 Å². The van der Waals surface area contributed by atoms with Crippen molar-refractivity contribution in [2.45, 2.75) is 63.9 Å². The molecule has 0 aromatic heterocycles. The molecule has 4 rings (SSSR count). The van der Waals surface area contributed by atoms with E-state index in [2.05, 4.69) is 11.8 Å². The van der Waals surface area contributed by atoms with Crippen LogP contribution < -0.4 is 4.90 Å². The summed E-state index contributed by atoms with van der Waals surface area (Å²) in [7, 11) is 0. The van der Waals surface area contributed by atoms with Crippen LogP contribution in [0.5, 0.6) is 0 Å². The average molecular weight is 471 g/mol. The Morgan fingerprint density at radius 3 is 2.44 bits per heavy atom. The molecule has 34 heavy (non-hydrogen) atoms. The number of ether oxygens (including phenoxy) is 1. The van der Waals surface area contributed by atoms with Crippen molar-refractivity contribution in [2.75, 3.05) is 37.7 Å². The molecular formula is C28H36F2N2O2. The fourth-order valence-electron chi connectivity index (χ4n) is 5.19. The van der Waals surface area contributed by atoms with Gasteiger partial charge in [-0.3, -0.25) is 9.69 Å². The van der Waals surface area contributed by atoms with Crippen molar-refractivity contribution in [3.05, 3.63) is 65.2 Å². The van der Waals surface area contributed by atoms with Crippen molar-refractivity contribution < 1.29 is 18.3 Å². The molecule has 0 spiro atoms. The van der Waals surface area contributed by atoms with E-state index in [0.29, 0.717) is 18.8 Å². The van der Waals surface area contributed by atoms with Gasteiger partial charge < -0.3 is 9.64 Å². The average Bonchev–Trinajstić information content (AvgIpc) is 3.03. The molecule has 184 valence electrons. The molecule has 0 aliphatic carbocycles. The van der Waals surface area contributed by atoms with Crippen molar-refractivity contribution in [1.29, 1.82) is 0 Å². The second kappa shape index (κ2) is 11.9. The van der Waals surface area contributed by atoms with Gasteiger partial charge in [0.1, 0.15) is 11.6 Å². The highest BCUT2D eigenvalue weighted by molar-refractivity contribution is 5.96. The number of hydrogen-bond acceptors (Lipinski definition) is 3. The van der Waals surface area contributed by atoms with Crippen molar-refractivity contribution in [3.8, 4) is 0 Å². The monoisotopic (exact) mass is 470 g/mol. The second-order valence-electron chi connectivity index (χ2n) is 9.55. The van der Waals surface area contributed by atoms with Gasteiger partial charge in [-0.05, 0) is 67.5 Å². The highest BCUT2D eigenvalue weighted by Crippen LogP contribution is 2.39. The molecule has 2 aromatic rings. The van der Waals surface area contributed by atoms with Crippen LogP contribution in [0.15, 0.2) is 42.5 Å². The lowest BCUT2D eigenvalue weighted by Gasteiger charge is -2.33. The smallest absolute Gasteiger partial charge is 0.241 e. The van der Waals surface area contributed by atoms with Crippen LogP contribution in [0.4, 0.5) is 14.5 Å². The molecule has 1 unspecified atom stereocenters. The van der Waals surface area contributed by atoms with Crippen molar-refractivity contribution in [1.82, 2.24) is 4.90 Å². The molecular weight excluding hydrogens is 434 g/mol. The van der Waals surface area contributed by atoms with E-state index in [1.807, 2.05) is 0 Å². The summed E-state index contributed by atoms with van der Waals surface area (Å²) in [5.74, 6) is -0.607. The van der Waals surface area contributed by atoms with E-state index in [4.69, 9.17) is 4.74 Å². The Kier molecular flexibility index (Phi) is 8.68. The summed E-state index contributed by atoms with van der Waals surface area (Å²) < 4.78 is 33.8. The van der Waals surface area contributed by atoms with Gasteiger partial charge in [0.05, 0.1) is 18.3 Å². The number of unbranched alkanes of at least 4 members (excludes halogenated alkanes) is 2. The number of anilines is 1. The van der Waals surface area contributed by atoms with Crippen LogP contribution in [0.3, 0.4) is 0 Å². The first kappa shape index (κ1) is 24.8. The number of hydrogen-bond donors (Lipinski definition) is 0. The molecule has 0 saturated carbocycles. The standard InChI is InChI=1S/C28H36F2N2O2/c1-2-3-4-18-34-24-13-16-31(17-14-24)20-28(33)32-15-5-6-25(21-7-9-22(29)10-8-21)26-12-11-23(30)19-27(26)32/h7-12,19,24-25H,2-6,13-18,20H2,1H3. The van der Waals surface area contributed by atoms with Gasteiger partial charge in [-0.1, -0.05) is 38.0 Å². The summed E-state index contributed by atoms with van der Waals surface area (Å²) in [6.45, 7) is 5.58. The van der Waals surface area contributed by atoms with Crippen molar-refractivity contribution >= 4 is 11.6 Å². The number of amides is 1. The molecule has 2 aliphatic rings. The molecule has 1 amide bonds. The summed E-state index contributed by atoms with van der Waals surface area (Å²) in [5, 5.41) is 0. The molecule has 2 aromatic carbocycles. The number of rotatable bonds is 8. The van der Waals surface area contributed by atoms with E-state index in [1.165, 1.54) is 37.1 Å². The molecule has 1 saturated heterocycles. The van der Waals surface area contributed by atoms with Gasteiger partial charge in [0.15, 0.2) is 0 Å². The first-order chi connectivity index (χ1) is 16.5. The largest absolute Gasteiger partial charge is 0.378 e. The molecule has 2 aliphatic heterocycles. The summed E-state index contributed by atoms with van der Waals surface area (Å²) >= 11 is 0. The zero-order valence-electron chi connectivity index (χ0n) is 20.1. The SMILES string of the molecule is CCCCCOC1CCN(CC(=O)N2CCCC(c3ccc(F)cc3)c3ccc(F)cc32)CC1. The van der Waals surface area contributed by atoms with Crippen LogP contribution in [-0.2, 0) is 9.53 Å². The van der Waals surface area contributed by atoms with E-state index in [9.17, 15) is 13.6 Å². The predicted molar refractivity (Wildman–Crippen MR) is 131 cm³/mol. The number of halogens is 2. The highest BCUT2D eigenvalue weighted by atomic mass is 19.1. The van der Waals surface area contributed by atoms with Crippen LogP contribution in [0.1, 0.15) is 68.9 Å². The van der Waals surface area contributed by atoms with Gasteiger partial charge in [0.25, 0.3) is 0 Å². The van der Waals surface area contributed by atoms with E-state index in [1.54, 1.807) is 23.1 Å². The van der Waals surface area contributed by atoms with Gasteiger partial charge in [0, 0.05) is 32.2 Å². The molecule has 2 heterocycles. The number of carbonyl (C=O) groups is 1. The van der Waals surface area contributed by atoms with Crippen LogP contribution >= 0.6 is 0 Å². The number of piperidine rings is 1. The zero-order chi connectivity index (χ0) is 23.9. The van der Waals surface area contributed by atoms with Crippen LogP contribution in [0.2, 0.25) is 0 Å². The number of nitrogens with zero attached hydrogens (tertiary/aromatic N) is 2. The minimum atomic E-state index is -0.350. The molecule has 1 atom stereocenters. The van der Waals surface area contributed by atoms with E-state index in [-0.39, 0.29) is 29.6 Å². The molecule has 0 bridgehead atoms. The maximum absolute atomic E-state index is 14.3. The molecule has 6 heteroatoms. The maximum atomic E-state index is 14.3. The Morgan fingerprint density at radius 2 is 1.71 bits per heavy atom. The maximum Gasteiger partial charge on any atom is 0.241 e. The zero-order valence-corrected chi connectivity index (χ0v) is 20.1. The first-order valence-corrected chi connectivity index (χ1v) is 12.7. The number of likely N-dealkylation sites (tertiary alicyclic amines) is 1. The minimum absolute atomic E-state index is 0.00826. The number of fused-ring (bicyclic) bond motifs is 1. The van der Waals surface area contributed by atoms with Gasteiger partial charge in [-0.25, -0.2) is 8.78 Å². The van der Waals surface area contributed by atoms with Gasteiger partial charge >= 0.3 is 0 Å². The number of carbonyl (C=O) groups excluding carboxylic acids is 1. The normalized spacial score (nSPS) is 19.6. The molecule has 4 nitrogen and oxygen atoms in total. The van der Waals surface area contributed by atoms with Crippen LogP contribution in [0.25, 0.3) is 0 Å². The summed E-state index contributed by atoms with van der Waals surface area (Å²) in [4.78, 5) is 17.3. The summed E-state index contributed by atoms with van der Waals surface area (Å²) in [6, 6.07) is 11.2. The third kappa shape index (κ3) is 6.22. The quantitative estimate of drug-likeness (QED) is 0.451. The topological polar surface area (TPSA) is 32.8 Å². The van der Waals surface area contributed by atoms with E-state index >= 15 is 0 Å². The Morgan fingerprint density at radius 1 is 0.971 bits per heavy atom. The van der Waals surface area contributed by atoms with Crippen molar-refractivity contribution in [2.24, 2.45) is 0 Å². The lowest BCUT2D eigenvalue weighted by Crippen LogP contribution is -2.45. The fraction of sp³-hybridized carbons (Fsp3) is 0.536. The molecule has 0 radical (unpaired) electrons. The lowest BCUT2D eigenvalue weighted by atomic mass is 9.87. The Hall–Kier alpha value is -2.31. The predicted octanol–water partition coefficient (Wildman–Crippen LogP) is 5.89. The van der Waals surface area contributed by atoms with E-state index in [0.717, 1.165) is 62.9 Å². The Balaban J connectivity index is 1.42. The first-order valence-electron chi connectivity index (χ1n) is 12.7. The summed E-state index contributed by atoms with van der Waals surface area (Å²) in [5.41, 5.74) is 2.56. The molecule has 1 fully saturated rings. The minimum Gasteiger partial charge on any atom is -0.378 e. The highest BCUT2D eigenvalue weighted by Gasteiger charge is 2.30. The van der Waals surface area contributed by atoms with Crippen LogP contribution in [0, 0.1) is 11.6 Å². The fourth-order valence-corrected chi connectivity index (χ4v) is 5.19. The lowest BCUT2D eigenvalue weighted by molar-refractivity contribution is -0.120. The number of benzene rings is 2. The van der Waals surface area contributed by atoms with Crippen molar-refractivity contribution in [3.63, 3.8) is 0 Å². The Bertz CT molecular complexity index is 942. The van der Waals surface area contributed by atoms with Gasteiger partial charge in [0.2, 0.25) is 5.91 Å². The van der Waals surface area contributed by atoms with Gasteiger partial charge in [-0.2, -0.15) is 0 Å². The Labute approximate surface area is 201 Å². The second-order valence-corrected chi connectivity index (χ2v) is 9.55. The third-order valence-corrected chi connectivity index (χ3v) is 7.10. The van der Waals surface area contributed by atoms with E-state index < -0.39 is 0 Å². The van der Waals surface area contributed by atoms with Crippen LogP contribution in [-0.4, -0.2) is 49.7 Å².